The number of ether oxygens (including phenoxy) is 1. The number of para-hydroxylation sites is 2. The van der Waals surface area contributed by atoms with Crippen molar-refractivity contribution >= 4 is 21.6 Å². The van der Waals surface area contributed by atoms with Crippen LogP contribution < -0.4 is 10.1 Å². The third-order valence-corrected chi connectivity index (χ3v) is 4.84. The smallest absolute Gasteiger partial charge is 0.242 e. The Balaban J connectivity index is 2.18. The van der Waals surface area contributed by atoms with Gasteiger partial charge in [-0.15, -0.1) is 0 Å². The zero-order valence-electron chi connectivity index (χ0n) is 12.2. The molecule has 116 valence electrons. The van der Waals surface area contributed by atoms with Gasteiger partial charge in [-0.25, -0.2) is 8.42 Å². The van der Waals surface area contributed by atoms with Crippen molar-refractivity contribution in [3.8, 4) is 5.75 Å². The average molecular weight is 312 g/mol. The second kappa shape index (κ2) is 6.44. The maximum atomic E-state index is 12.4. The van der Waals surface area contributed by atoms with E-state index in [9.17, 15) is 13.2 Å². The number of nitrogens with zero attached hydrogens (tertiary/aromatic N) is 1. The highest BCUT2D eigenvalue weighted by molar-refractivity contribution is 7.88. The lowest BCUT2D eigenvalue weighted by atomic mass is 10.0. The van der Waals surface area contributed by atoms with Gasteiger partial charge in [0.25, 0.3) is 0 Å². The molecule has 1 N–H and O–H groups in total. The van der Waals surface area contributed by atoms with Crippen LogP contribution in [0.4, 0.5) is 5.69 Å². The predicted molar refractivity (Wildman–Crippen MR) is 80.8 cm³/mol. The molecular weight excluding hydrogens is 292 g/mol. The minimum Gasteiger partial charge on any atom is -0.495 e. The number of carbonyl (C=O) groups is 1. The molecule has 1 saturated heterocycles. The Morgan fingerprint density at radius 1 is 1.33 bits per heavy atom. The van der Waals surface area contributed by atoms with Gasteiger partial charge in [0.2, 0.25) is 15.9 Å². The zero-order chi connectivity index (χ0) is 15.5. The van der Waals surface area contributed by atoms with E-state index in [2.05, 4.69) is 5.32 Å². The molecule has 0 unspecified atom stereocenters. The molecule has 1 atom stereocenters. The second-order valence-corrected chi connectivity index (χ2v) is 7.01. The fourth-order valence-corrected chi connectivity index (χ4v) is 3.65. The number of anilines is 1. The lowest BCUT2D eigenvalue weighted by Crippen LogP contribution is -2.49. The van der Waals surface area contributed by atoms with Crippen LogP contribution in [0.15, 0.2) is 24.3 Å². The summed E-state index contributed by atoms with van der Waals surface area (Å²) < 4.78 is 30.1. The first-order chi connectivity index (χ1) is 9.93. The highest BCUT2D eigenvalue weighted by atomic mass is 32.2. The molecule has 7 heteroatoms. The molecular formula is C14H20N2O4S. The molecule has 0 bridgehead atoms. The molecule has 1 aromatic carbocycles. The van der Waals surface area contributed by atoms with Gasteiger partial charge in [0, 0.05) is 6.54 Å². The number of nitrogens with one attached hydrogen (secondary N) is 1. The third kappa shape index (κ3) is 3.74. The molecule has 1 fully saturated rings. The Hall–Kier alpha value is -1.60. The minimum atomic E-state index is -3.39. The summed E-state index contributed by atoms with van der Waals surface area (Å²) in [6.07, 6.45) is 3.30. The summed E-state index contributed by atoms with van der Waals surface area (Å²) in [5.74, 6) is 0.234. The summed E-state index contributed by atoms with van der Waals surface area (Å²) in [6.45, 7) is 0.392. The normalized spacial score (nSPS) is 20.0. The van der Waals surface area contributed by atoms with Crippen molar-refractivity contribution < 1.29 is 17.9 Å². The number of carbonyl (C=O) groups excluding carboxylic acids is 1. The highest BCUT2D eigenvalue weighted by Crippen LogP contribution is 2.26. The molecule has 0 radical (unpaired) electrons. The van der Waals surface area contributed by atoms with Crippen LogP contribution in [-0.4, -0.2) is 44.6 Å². The summed E-state index contributed by atoms with van der Waals surface area (Å²) in [5, 5.41) is 2.76. The molecule has 1 aliphatic heterocycles. The maximum Gasteiger partial charge on any atom is 0.242 e. The van der Waals surface area contributed by atoms with Gasteiger partial charge in [0.05, 0.1) is 19.1 Å². The first-order valence-corrected chi connectivity index (χ1v) is 8.69. The summed E-state index contributed by atoms with van der Waals surface area (Å²) in [7, 11) is -1.86. The Kier molecular flexibility index (Phi) is 4.84. The van der Waals surface area contributed by atoms with Crippen molar-refractivity contribution in [1.82, 2.24) is 4.31 Å². The number of amides is 1. The lowest BCUT2D eigenvalue weighted by Gasteiger charge is -2.32. The second-order valence-electron chi connectivity index (χ2n) is 5.07. The molecule has 1 amide bonds. The SMILES string of the molecule is COc1ccccc1NC(=O)[C@@H]1CCCCN1S(C)(=O)=O. The molecule has 2 rings (SSSR count). The lowest BCUT2D eigenvalue weighted by molar-refractivity contribution is -0.120. The number of piperidine rings is 1. The molecule has 0 spiro atoms. The van der Waals surface area contributed by atoms with Crippen molar-refractivity contribution in [3.05, 3.63) is 24.3 Å². The molecule has 0 saturated carbocycles. The molecule has 21 heavy (non-hydrogen) atoms. The van der Waals surface area contributed by atoms with Crippen LogP contribution in [-0.2, 0) is 14.8 Å². The minimum absolute atomic E-state index is 0.315. The van der Waals surface area contributed by atoms with Gasteiger partial charge in [-0.2, -0.15) is 4.31 Å². The van der Waals surface area contributed by atoms with Crippen molar-refractivity contribution in [1.29, 1.82) is 0 Å². The maximum absolute atomic E-state index is 12.4. The van der Waals surface area contributed by atoms with Crippen LogP contribution in [0.3, 0.4) is 0 Å². The van der Waals surface area contributed by atoms with E-state index in [0.29, 0.717) is 24.4 Å². The number of sulfonamides is 1. The van der Waals surface area contributed by atoms with Gasteiger partial charge < -0.3 is 10.1 Å². The fourth-order valence-electron chi connectivity index (χ4n) is 2.53. The summed E-state index contributed by atoms with van der Waals surface area (Å²) in [4.78, 5) is 12.4. The summed E-state index contributed by atoms with van der Waals surface area (Å²) in [5.41, 5.74) is 0.545. The van der Waals surface area contributed by atoms with Crippen LogP contribution in [0.1, 0.15) is 19.3 Å². The quantitative estimate of drug-likeness (QED) is 0.913. The summed E-state index contributed by atoms with van der Waals surface area (Å²) in [6, 6.07) is 6.40. The average Bonchev–Trinajstić information content (AvgIpc) is 2.47. The zero-order valence-corrected chi connectivity index (χ0v) is 13.0. The number of hydrogen-bond acceptors (Lipinski definition) is 4. The first-order valence-electron chi connectivity index (χ1n) is 6.84. The van der Waals surface area contributed by atoms with E-state index >= 15 is 0 Å². The molecule has 1 aliphatic rings. The van der Waals surface area contributed by atoms with Crippen LogP contribution in [0.2, 0.25) is 0 Å². The largest absolute Gasteiger partial charge is 0.495 e. The predicted octanol–water partition coefficient (Wildman–Crippen LogP) is 1.45. The Labute approximate surface area is 125 Å². The first kappa shape index (κ1) is 15.8. The van der Waals surface area contributed by atoms with Crippen molar-refractivity contribution in [2.75, 3.05) is 25.2 Å². The van der Waals surface area contributed by atoms with Crippen LogP contribution in [0.25, 0.3) is 0 Å². The van der Waals surface area contributed by atoms with E-state index < -0.39 is 16.1 Å². The number of methoxy groups -OCH3 is 1. The highest BCUT2D eigenvalue weighted by Gasteiger charge is 2.34. The Morgan fingerprint density at radius 2 is 2.05 bits per heavy atom. The monoisotopic (exact) mass is 312 g/mol. The number of benzene rings is 1. The van der Waals surface area contributed by atoms with E-state index in [4.69, 9.17) is 4.74 Å². The van der Waals surface area contributed by atoms with Gasteiger partial charge in [-0.1, -0.05) is 18.6 Å². The Morgan fingerprint density at radius 3 is 2.71 bits per heavy atom. The van der Waals surface area contributed by atoms with Crippen molar-refractivity contribution in [2.45, 2.75) is 25.3 Å². The van der Waals surface area contributed by atoms with E-state index in [1.54, 1.807) is 24.3 Å². The van der Waals surface area contributed by atoms with Crippen LogP contribution in [0.5, 0.6) is 5.75 Å². The Bertz CT molecular complexity index is 615. The fraction of sp³-hybridized carbons (Fsp3) is 0.500. The van der Waals surface area contributed by atoms with Gasteiger partial charge in [0.15, 0.2) is 0 Å². The van der Waals surface area contributed by atoms with Gasteiger partial charge >= 0.3 is 0 Å². The van der Waals surface area contributed by atoms with Crippen LogP contribution in [0, 0.1) is 0 Å². The summed E-state index contributed by atoms with van der Waals surface area (Å²) >= 11 is 0. The van der Waals surface area contributed by atoms with E-state index in [1.165, 1.54) is 11.4 Å². The van der Waals surface area contributed by atoms with Gasteiger partial charge in [-0.3, -0.25) is 4.79 Å². The third-order valence-electron chi connectivity index (χ3n) is 3.55. The van der Waals surface area contributed by atoms with E-state index in [0.717, 1.165) is 19.1 Å². The number of hydrogen-bond donors (Lipinski definition) is 1. The molecule has 6 nitrogen and oxygen atoms in total. The van der Waals surface area contributed by atoms with Gasteiger partial charge in [0.1, 0.15) is 11.8 Å². The molecule has 1 heterocycles. The number of rotatable bonds is 4. The van der Waals surface area contributed by atoms with Crippen LogP contribution >= 0.6 is 0 Å². The topological polar surface area (TPSA) is 75.7 Å². The van der Waals surface area contributed by atoms with Gasteiger partial charge in [-0.05, 0) is 25.0 Å². The van der Waals surface area contributed by atoms with Crippen molar-refractivity contribution in [2.24, 2.45) is 0 Å². The standard InChI is InChI=1S/C14H20N2O4S/c1-20-13-9-4-3-7-11(13)15-14(17)12-8-5-6-10-16(12)21(2,18)19/h3-4,7,9,12H,5-6,8,10H2,1-2H3,(H,15,17)/t12-/m0/s1. The van der Waals surface area contributed by atoms with Crippen molar-refractivity contribution in [3.63, 3.8) is 0 Å². The molecule has 0 aliphatic carbocycles. The van der Waals surface area contributed by atoms with E-state index in [1.807, 2.05) is 0 Å². The molecule has 0 aromatic heterocycles. The molecule has 1 aromatic rings. The van der Waals surface area contributed by atoms with E-state index in [-0.39, 0.29) is 5.91 Å².